The van der Waals surface area contributed by atoms with Gasteiger partial charge in [0.15, 0.2) is 22.7 Å². The number of rotatable bonds is 8. The number of hydrogen-bond acceptors (Lipinski definition) is 6. The van der Waals surface area contributed by atoms with E-state index in [1.165, 1.54) is 28.3 Å². The first kappa shape index (κ1) is 23.3. The fraction of sp³-hybridized carbons (Fsp3) is 0.261. The third-order valence-corrected chi connectivity index (χ3v) is 5.46. The number of imidazole rings is 1. The van der Waals surface area contributed by atoms with E-state index in [0.29, 0.717) is 12.8 Å². The molecule has 2 heterocycles. The average Bonchev–Trinajstić information content (AvgIpc) is 3.17. The summed E-state index contributed by atoms with van der Waals surface area (Å²) in [7, 11) is 1.47. The molecular formula is C23H23F2N5O4. The van der Waals surface area contributed by atoms with E-state index >= 15 is 0 Å². The second-order valence-corrected chi connectivity index (χ2v) is 7.80. The van der Waals surface area contributed by atoms with Crippen molar-refractivity contribution in [1.29, 1.82) is 0 Å². The molecule has 0 saturated carbocycles. The Labute approximate surface area is 192 Å². The standard InChI is InChI=1S/C23H23F2N5O4/c1-14-7-9-15(10-8-14)13-30-19-20(27-22(30)34-17-6-3-5-16(24)18(17)25)28(2)23(32)29(21(19)31)11-4-12-33-26/h3,5-7,9-10H,1,4,8,11-13,26H2,2H3. The van der Waals surface area contributed by atoms with E-state index in [1.807, 2.05) is 18.2 Å². The van der Waals surface area contributed by atoms with E-state index in [9.17, 15) is 18.4 Å². The molecule has 0 aliphatic heterocycles. The highest BCUT2D eigenvalue weighted by atomic mass is 19.2. The minimum absolute atomic E-state index is 0.0536. The highest BCUT2D eigenvalue weighted by Gasteiger charge is 2.23. The Bertz CT molecular complexity index is 1450. The smallest absolute Gasteiger partial charge is 0.332 e. The van der Waals surface area contributed by atoms with Gasteiger partial charge in [-0.1, -0.05) is 36.4 Å². The lowest BCUT2D eigenvalue weighted by atomic mass is 10.0. The zero-order valence-electron chi connectivity index (χ0n) is 18.5. The molecule has 0 saturated heterocycles. The van der Waals surface area contributed by atoms with Gasteiger partial charge in [0, 0.05) is 13.6 Å². The van der Waals surface area contributed by atoms with Crippen LogP contribution in [0.2, 0.25) is 0 Å². The number of hydrogen-bond donors (Lipinski definition) is 1. The Balaban J connectivity index is 1.90. The molecule has 0 radical (unpaired) electrons. The van der Waals surface area contributed by atoms with Gasteiger partial charge in [-0.2, -0.15) is 9.37 Å². The topological polar surface area (TPSA) is 106 Å². The second-order valence-electron chi connectivity index (χ2n) is 7.80. The van der Waals surface area contributed by atoms with Gasteiger partial charge in [-0.3, -0.25) is 18.5 Å². The summed E-state index contributed by atoms with van der Waals surface area (Å²) in [6.07, 6.45) is 6.57. The molecule has 0 bridgehead atoms. The normalized spacial score (nSPS) is 13.5. The molecule has 178 valence electrons. The Morgan fingerprint density at radius 1 is 1.21 bits per heavy atom. The molecule has 0 spiro atoms. The molecule has 1 aliphatic rings. The fourth-order valence-electron chi connectivity index (χ4n) is 3.66. The van der Waals surface area contributed by atoms with Crippen molar-refractivity contribution < 1.29 is 18.4 Å². The maximum Gasteiger partial charge on any atom is 0.332 e. The van der Waals surface area contributed by atoms with Gasteiger partial charge in [0.2, 0.25) is 5.82 Å². The van der Waals surface area contributed by atoms with E-state index in [0.717, 1.165) is 21.8 Å². The van der Waals surface area contributed by atoms with Crippen LogP contribution in [0.3, 0.4) is 0 Å². The molecular weight excluding hydrogens is 448 g/mol. The van der Waals surface area contributed by atoms with Gasteiger partial charge >= 0.3 is 11.7 Å². The molecule has 4 rings (SSSR count). The molecule has 0 atom stereocenters. The largest absolute Gasteiger partial charge is 0.422 e. The van der Waals surface area contributed by atoms with Crippen LogP contribution in [-0.4, -0.2) is 25.3 Å². The summed E-state index contributed by atoms with van der Waals surface area (Å²) in [6, 6.07) is 3.34. The molecule has 1 aliphatic carbocycles. The lowest BCUT2D eigenvalue weighted by molar-refractivity contribution is 0.131. The number of ether oxygens (including phenoxy) is 1. The van der Waals surface area contributed by atoms with Crippen LogP contribution in [0.25, 0.3) is 11.2 Å². The van der Waals surface area contributed by atoms with Crippen molar-refractivity contribution in [3.63, 3.8) is 0 Å². The van der Waals surface area contributed by atoms with Gasteiger partial charge in [0.25, 0.3) is 5.56 Å². The van der Waals surface area contributed by atoms with E-state index in [2.05, 4.69) is 16.4 Å². The van der Waals surface area contributed by atoms with Gasteiger partial charge in [-0.05, 0) is 30.5 Å². The van der Waals surface area contributed by atoms with Crippen molar-refractivity contribution in [2.75, 3.05) is 6.61 Å². The lowest BCUT2D eigenvalue weighted by Gasteiger charge is -2.14. The Morgan fingerprint density at radius 2 is 2.00 bits per heavy atom. The molecule has 34 heavy (non-hydrogen) atoms. The number of benzene rings is 1. The van der Waals surface area contributed by atoms with Crippen molar-refractivity contribution >= 4 is 11.2 Å². The van der Waals surface area contributed by atoms with E-state index in [1.54, 1.807) is 0 Å². The van der Waals surface area contributed by atoms with Gasteiger partial charge in [-0.15, -0.1) is 0 Å². The van der Waals surface area contributed by atoms with Gasteiger partial charge in [-0.25, -0.2) is 15.1 Å². The Hall–Kier alpha value is -3.83. The first-order chi connectivity index (χ1) is 16.3. The summed E-state index contributed by atoms with van der Waals surface area (Å²) in [6.45, 7) is 4.28. The third kappa shape index (κ3) is 4.35. The van der Waals surface area contributed by atoms with Crippen molar-refractivity contribution in [3.05, 3.63) is 86.6 Å². The van der Waals surface area contributed by atoms with Gasteiger partial charge in [0.05, 0.1) is 13.2 Å². The molecule has 0 unspecified atom stereocenters. The maximum absolute atomic E-state index is 14.3. The SMILES string of the molecule is C=C1C=CC(Cn2c(Oc3cccc(F)c3F)nc3c2c(=O)n(CCCON)c(=O)n3C)=CC1. The summed E-state index contributed by atoms with van der Waals surface area (Å²) >= 11 is 0. The summed E-state index contributed by atoms with van der Waals surface area (Å²) in [5.41, 5.74) is 0.703. The molecule has 2 aromatic heterocycles. The molecule has 0 fully saturated rings. The number of nitrogens with two attached hydrogens (primary N) is 1. The number of aryl methyl sites for hydroxylation is 1. The third-order valence-electron chi connectivity index (χ3n) is 5.46. The zero-order chi connectivity index (χ0) is 24.4. The van der Waals surface area contributed by atoms with Crippen LogP contribution in [0.4, 0.5) is 8.78 Å². The molecule has 1 aromatic carbocycles. The fourth-order valence-corrected chi connectivity index (χ4v) is 3.66. The van der Waals surface area contributed by atoms with Crippen LogP contribution in [0.5, 0.6) is 11.8 Å². The van der Waals surface area contributed by atoms with E-state index in [4.69, 9.17) is 10.6 Å². The molecule has 2 N–H and O–H groups in total. The number of aromatic nitrogens is 4. The lowest BCUT2D eigenvalue weighted by Crippen LogP contribution is -2.40. The van der Waals surface area contributed by atoms with Crippen LogP contribution < -0.4 is 21.9 Å². The highest BCUT2D eigenvalue weighted by molar-refractivity contribution is 5.72. The average molecular weight is 471 g/mol. The van der Waals surface area contributed by atoms with Gasteiger partial charge < -0.3 is 9.57 Å². The number of nitrogens with zero attached hydrogens (tertiary/aromatic N) is 4. The predicted molar refractivity (Wildman–Crippen MR) is 121 cm³/mol. The number of fused-ring (bicyclic) bond motifs is 1. The summed E-state index contributed by atoms with van der Waals surface area (Å²) < 4.78 is 37.4. The minimum atomic E-state index is -1.19. The number of halogens is 2. The van der Waals surface area contributed by atoms with Gasteiger partial charge in [0.1, 0.15) is 0 Å². The summed E-state index contributed by atoms with van der Waals surface area (Å²) in [5, 5.41) is 0. The van der Waals surface area contributed by atoms with Crippen LogP contribution in [0, 0.1) is 11.6 Å². The predicted octanol–water partition coefficient (Wildman–Crippen LogP) is 2.69. The highest BCUT2D eigenvalue weighted by Crippen LogP contribution is 2.29. The quantitative estimate of drug-likeness (QED) is 0.400. The summed E-state index contributed by atoms with van der Waals surface area (Å²) in [5.74, 6) is 2.37. The monoisotopic (exact) mass is 471 g/mol. The van der Waals surface area contributed by atoms with Crippen molar-refractivity contribution in [1.82, 2.24) is 18.7 Å². The van der Waals surface area contributed by atoms with Crippen molar-refractivity contribution in [2.24, 2.45) is 12.9 Å². The summed E-state index contributed by atoms with van der Waals surface area (Å²) in [4.78, 5) is 35.0. The molecule has 3 aromatic rings. The first-order valence-electron chi connectivity index (χ1n) is 10.5. The molecule has 9 nitrogen and oxygen atoms in total. The Morgan fingerprint density at radius 3 is 2.71 bits per heavy atom. The number of allylic oxidation sites excluding steroid dienone is 5. The van der Waals surface area contributed by atoms with Crippen LogP contribution in [-0.2, 0) is 25.0 Å². The van der Waals surface area contributed by atoms with Crippen molar-refractivity contribution in [2.45, 2.75) is 25.9 Å². The van der Waals surface area contributed by atoms with E-state index < -0.39 is 28.6 Å². The van der Waals surface area contributed by atoms with Crippen molar-refractivity contribution in [3.8, 4) is 11.8 Å². The van der Waals surface area contributed by atoms with Crippen LogP contribution in [0.1, 0.15) is 12.8 Å². The first-order valence-corrected chi connectivity index (χ1v) is 10.5. The molecule has 11 heteroatoms. The van der Waals surface area contributed by atoms with Crippen LogP contribution in [0.15, 0.2) is 63.7 Å². The Kier molecular flexibility index (Phi) is 6.57. The van der Waals surface area contributed by atoms with E-state index in [-0.39, 0.29) is 36.9 Å². The second kappa shape index (κ2) is 9.57. The maximum atomic E-state index is 14.3. The molecule has 0 amide bonds. The zero-order valence-corrected chi connectivity index (χ0v) is 18.5. The van der Waals surface area contributed by atoms with Crippen LogP contribution >= 0.6 is 0 Å². The minimum Gasteiger partial charge on any atom is -0.422 e.